The average Bonchev–Trinajstić information content (AvgIpc) is 3.24. The van der Waals surface area contributed by atoms with E-state index in [0.29, 0.717) is 30.6 Å². The quantitative estimate of drug-likeness (QED) is 0.758. The highest BCUT2D eigenvalue weighted by atomic mass is 32.2. The highest BCUT2D eigenvalue weighted by Gasteiger charge is 2.27. The summed E-state index contributed by atoms with van der Waals surface area (Å²) in [5.74, 6) is -0.0232. The Bertz CT molecular complexity index is 1020. The fourth-order valence-corrected chi connectivity index (χ4v) is 6.54. The lowest BCUT2D eigenvalue weighted by atomic mass is 10.2. The Hall–Kier alpha value is -2.03. The fourth-order valence-electron chi connectivity index (χ4n) is 3.86. The van der Waals surface area contributed by atoms with E-state index in [1.807, 2.05) is 23.1 Å². The van der Waals surface area contributed by atoms with Gasteiger partial charge >= 0.3 is 0 Å². The van der Waals surface area contributed by atoms with E-state index in [4.69, 9.17) is 0 Å². The van der Waals surface area contributed by atoms with Crippen molar-refractivity contribution in [1.29, 1.82) is 0 Å². The number of para-hydroxylation sites is 1. The summed E-state index contributed by atoms with van der Waals surface area (Å²) >= 11 is 1.80. The van der Waals surface area contributed by atoms with Crippen LogP contribution >= 0.6 is 11.8 Å². The number of hydrogen-bond acceptors (Lipinski definition) is 5. The molecule has 0 radical (unpaired) electrons. The van der Waals surface area contributed by atoms with Crippen LogP contribution in [-0.2, 0) is 14.8 Å². The van der Waals surface area contributed by atoms with Gasteiger partial charge in [-0.15, -0.1) is 11.8 Å². The molecule has 0 saturated carbocycles. The number of nitrogens with zero attached hydrogens (tertiary/aromatic N) is 2. The van der Waals surface area contributed by atoms with Gasteiger partial charge in [0.2, 0.25) is 15.9 Å². The molecule has 1 fully saturated rings. The summed E-state index contributed by atoms with van der Waals surface area (Å²) in [6.07, 6.45) is 2.73. The van der Waals surface area contributed by atoms with E-state index in [-0.39, 0.29) is 17.3 Å². The van der Waals surface area contributed by atoms with Crippen molar-refractivity contribution >= 4 is 39.1 Å². The monoisotopic (exact) mass is 445 g/mol. The van der Waals surface area contributed by atoms with Crippen molar-refractivity contribution < 1.29 is 13.2 Å². The number of amides is 1. The molecule has 160 valence electrons. The minimum Gasteiger partial charge on any atom is -0.376 e. The van der Waals surface area contributed by atoms with E-state index in [0.717, 1.165) is 29.8 Å². The van der Waals surface area contributed by atoms with Gasteiger partial charge in [-0.1, -0.05) is 25.1 Å². The molecule has 1 saturated heterocycles. The fraction of sp³-hybridized carbons (Fsp3) is 0.409. The Morgan fingerprint density at radius 2 is 1.87 bits per heavy atom. The summed E-state index contributed by atoms with van der Waals surface area (Å²) in [5, 5.41) is 3.57. The average molecular weight is 446 g/mol. The number of thioether (sulfide) groups is 1. The second-order valence-electron chi connectivity index (χ2n) is 7.72. The van der Waals surface area contributed by atoms with E-state index in [2.05, 4.69) is 18.3 Å². The van der Waals surface area contributed by atoms with Crippen LogP contribution in [-0.4, -0.2) is 50.1 Å². The normalized spacial score (nSPS) is 19.9. The van der Waals surface area contributed by atoms with E-state index in [1.165, 1.54) is 4.31 Å². The van der Waals surface area contributed by atoms with Gasteiger partial charge in [0, 0.05) is 35.5 Å². The second-order valence-corrected chi connectivity index (χ2v) is 11.1. The number of rotatable bonds is 5. The zero-order chi connectivity index (χ0) is 21.1. The van der Waals surface area contributed by atoms with Crippen molar-refractivity contribution in [2.24, 2.45) is 0 Å². The van der Waals surface area contributed by atoms with Crippen molar-refractivity contribution in [3.63, 3.8) is 0 Å². The van der Waals surface area contributed by atoms with Crippen LogP contribution in [0.2, 0.25) is 0 Å². The number of anilines is 2. The topological polar surface area (TPSA) is 69.7 Å². The van der Waals surface area contributed by atoms with E-state index < -0.39 is 10.0 Å². The lowest BCUT2D eigenvalue weighted by Crippen LogP contribution is -2.36. The number of carbonyl (C=O) groups is 1. The van der Waals surface area contributed by atoms with Gasteiger partial charge in [0.1, 0.15) is 0 Å². The summed E-state index contributed by atoms with van der Waals surface area (Å²) in [4.78, 5) is 16.2. The maximum absolute atomic E-state index is 13.0. The summed E-state index contributed by atoms with van der Waals surface area (Å²) < 4.78 is 27.1. The molecule has 0 bridgehead atoms. The molecule has 4 rings (SSSR count). The van der Waals surface area contributed by atoms with Gasteiger partial charge in [0.25, 0.3) is 0 Å². The highest BCUT2D eigenvalue weighted by molar-refractivity contribution is 8.00. The molecule has 2 aromatic carbocycles. The molecule has 1 amide bonds. The van der Waals surface area contributed by atoms with Gasteiger partial charge in [0.15, 0.2) is 0 Å². The highest BCUT2D eigenvalue weighted by Crippen LogP contribution is 2.37. The first-order valence-corrected chi connectivity index (χ1v) is 12.7. The summed E-state index contributed by atoms with van der Waals surface area (Å²) in [6, 6.07) is 14.7. The summed E-state index contributed by atoms with van der Waals surface area (Å²) in [7, 11) is -3.48. The number of sulfonamides is 1. The SMILES string of the molecule is C[C@@H]1CCN(C(=O)CNc2cccc(S(=O)(=O)N3CCCC3)c2)c2ccccc2S1. The van der Waals surface area contributed by atoms with Crippen molar-refractivity contribution in [3.8, 4) is 0 Å². The molecule has 2 aliphatic heterocycles. The largest absolute Gasteiger partial charge is 0.376 e. The molecule has 1 N–H and O–H groups in total. The predicted octanol–water partition coefficient (Wildman–Crippen LogP) is 3.80. The van der Waals surface area contributed by atoms with Gasteiger partial charge in [-0.05, 0) is 49.6 Å². The zero-order valence-corrected chi connectivity index (χ0v) is 18.7. The van der Waals surface area contributed by atoms with Gasteiger partial charge in [-0.2, -0.15) is 4.31 Å². The maximum Gasteiger partial charge on any atom is 0.246 e. The molecule has 30 heavy (non-hydrogen) atoms. The van der Waals surface area contributed by atoms with Crippen LogP contribution < -0.4 is 10.2 Å². The molecule has 6 nitrogen and oxygen atoms in total. The molecule has 0 aliphatic carbocycles. The van der Waals surface area contributed by atoms with E-state index >= 15 is 0 Å². The molecular formula is C22H27N3O3S2. The van der Waals surface area contributed by atoms with E-state index in [1.54, 1.807) is 36.0 Å². The molecule has 0 aromatic heterocycles. The smallest absolute Gasteiger partial charge is 0.246 e. The summed E-state index contributed by atoms with van der Waals surface area (Å²) in [5.41, 5.74) is 1.58. The molecule has 2 heterocycles. The first-order chi connectivity index (χ1) is 14.4. The van der Waals surface area contributed by atoms with Crippen LogP contribution in [0.15, 0.2) is 58.3 Å². The number of benzene rings is 2. The maximum atomic E-state index is 13.0. The van der Waals surface area contributed by atoms with Crippen LogP contribution in [0.3, 0.4) is 0 Å². The third-order valence-corrected chi connectivity index (χ3v) is 8.66. The van der Waals surface area contributed by atoms with Gasteiger partial charge in [0.05, 0.1) is 17.1 Å². The Morgan fingerprint density at radius 3 is 2.67 bits per heavy atom. The van der Waals surface area contributed by atoms with Gasteiger partial charge in [-0.3, -0.25) is 4.79 Å². The van der Waals surface area contributed by atoms with Crippen molar-refractivity contribution in [2.75, 3.05) is 36.4 Å². The summed E-state index contributed by atoms with van der Waals surface area (Å²) in [6.45, 7) is 4.11. The van der Waals surface area contributed by atoms with Gasteiger partial charge < -0.3 is 10.2 Å². The standard InChI is InChI=1S/C22H27N3O3S2/c1-17-11-14-25(20-9-2-3-10-21(20)29-17)22(26)16-23-18-7-6-8-19(15-18)30(27,28)24-12-4-5-13-24/h2-3,6-10,15,17,23H,4-5,11-14,16H2,1H3/t17-/m1/s1. The number of hydrogen-bond donors (Lipinski definition) is 1. The second kappa shape index (κ2) is 8.99. The molecule has 2 aliphatic rings. The Balaban J connectivity index is 1.47. The Morgan fingerprint density at radius 1 is 1.10 bits per heavy atom. The minimum absolute atomic E-state index is 0.0232. The molecule has 8 heteroatoms. The third-order valence-electron chi connectivity index (χ3n) is 5.53. The first kappa shape index (κ1) is 21.2. The van der Waals surface area contributed by atoms with Crippen LogP contribution in [0.5, 0.6) is 0 Å². The molecule has 1 atom stereocenters. The first-order valence-electron chi connectivity index (χ1n) is 10.4. The minimum atomic E-state index is -3.48. The van der Waals surface area contributed by atoms with Crippen LogP contribution in [0.1, 0.15) is 26.2 Å². The Kier molecular flexibility index (Phi) is 6.36. The Labute approximate surface area is 182 Å². The third kappa shape index (κ3) is 4.50. The van der Waals surface area contributed by atoms with E-state index in [9.17, 15) is 13.2 Å². The lowest BCUT2D eigenvalue weighted by Gasteiger charge is -2.23. The van der Waals surface area contributed by atoms with Crippen LogP contribution in [0, 0.1) is 0 Å². The van der Waals surface area contributed by atoms with Crippen molar-refractivity contribution in [1.82, 2.24) is 4.31 Å². The lowest BCUT2D eigenvalue weighted by molar-refractivity contribution is -0.117. The van der Waals surface area contributed by atoms with Crippen LogP contribution in [0.25, 0.3) is 0 Å². The molecule has 0 spiro atoms. The number of nitrogens with one attached hydrogen (secondary N) is 1. The van der Waals surface area contributed by atoms with Crippen molar-refractivity contribution in [2.45, 2.75) is 41.2 Å². The number of carbonyl (C=O) groups excluding carboxylic acids is 1. The number of fused-ring (bicyclic) bond motifs is 1. The zero-order valence-electron chi connectivity index (χ0n) is 17.1. The molecular weight excluding hydrogens is 418 g/mol. The van der Waals surface area contributed by atoms with Crippen LogP contribution in [0.4, 0.5) is 11.4 Å². The molecule has 2 aromatic rings. The van der Waals surface area contributed by atoms with Gasteiger partial charge in [-0.25, -0.2) is 8.42 Å². The predicted molar refractivity (Wildman–Crippen MR) is 122 cm³/mol. The van der Waals surface area contributed by atoms with Crippen molar-refractivity contribution in [3.05, 3.63) is 48.5 Å². The molecule has 0 unspecified atom stereocenters.